The topological polar surface area (TPSA) is 56.5 Å². The van der Waals surface area contributed by atoms with Gasteiger partial charge in [0.1, 0.15) is 5.92 Å². The number of rotatable bonds is 4. The molecule has 0 radical (unpaired) electrons. The maximum atomic E-state index is 12.8. The molecule has 1 atom stereocenters. The second kappa shape index (κ2) is 5.71. The molecule has 21 heavy (non-hydrogen) atoms. The van der Waals surface area contributed by atoms with Crippen molar-refractivity contribution < 1.29 is 22.7 Å². The Morgan fingerprint density at radius 3 is 2.62 bits per heavy atom. The molecule has 0 bridgehead atoms. The van der Waals surface area contributed by atoms with Gasteiger partial charge in [-0.05, 0) is 25.5 Å². The highest BCUT2D eigenvalue weighted by Gasteiger charge is 2.32. The van der Waals surface area contributed by atoms with Crippen LogP contribution in [0, 0.1) is 0 Å². The molecule has 0 spiro atoms. The van der Waals surface area contributed by atoms with Gasteiger partial charge in [0.2, 0.25) is 0 Å². The molecule has 114 valence electrons. The molecule has 0 N–H and O–H groups in total. The number of nitrogens with zero attached hydrogens (tertiary/aromatic N) is 3. The second-order valence-corrected chi connectivity index (χ2v) is 4.41. The molecular weight excluding hydrogens is 287 g/mol. The Hall–Kier alpha value is -2.12. The molecule has 2 aromatic heterocycles. The first-order valence-electron chi connectivity index (χ1n) is 6.47. The molecule has 0 aliphatic carbocycles. The lowest BCUT2D eigenvalue weighted by Crippen LogP contribution is -2.18. The molecule has 5 nitrogen and oxygen atoms in total. The maximum absolute atomic E-state index is 12.8. The van der Waals surface area contributed by atoms with Gasteiger partial charge in [0.05, 0.1) is 12.2 Å². The van der Waals surface area contributed by atoms with Crippen molar-refractivity contribution in [3.63, 3.8) is 0 Å². The SMILES string of the molecule is CCOC(=O)C(CC)c1nnc2ccc(C(F)(F)F)cn12. The molecule has 0 saturated heterocycles. The largest absolute Gasteiger partial charge is 0.465 e. The van der Waals surface area contributed by atoms with E-state index in [-0.39, 0.29) is 18.1 Å². The molecule has 2 rings (SSSR count). The molecule has 0 fully saturated rings. The van der Waals surface area contributed by atoms with Crippen molar-refractivity contribution in [2.24, 2.45) is 0 Å². The van der Waals surface area contributed by atoms with Crippen LogP contribution in [0.2, 0.25) is 0 Å². The van der Waals surface area contributed by atoms with E-state index in [4.69, 9.17) is 4.74 Å². The van der Waals surface area contributed by atoms with Gasteiger partial charge in [-0.15, -0.1) is 10.2 Å². The van der Waals surface area contributed by atoms with E-state index in [0.717, 1.165) is 12.3 Å². The van der Waals surface area contributed by atoms with E-state index < -0.39 is 23.6 Å². The van der Waals surface area contributed by atoms with Crippen LogP contribution < -0.4 is 0 Å². The zero-order valence-electron chi connectivity index (χ0n) is 11.5. The Morgan fingerprint density at radius 1 is 1.33 bits per heavy atom. The fraction of sp³-hybridized carbons (Fsp3) is 0.462. The minimum atomic E-state index is -4.47. The molecule has 0 amide bonds. The standard InChI is InChI=1S/C13H14F3N3O2/c1-3-9(12(20)21-4-2)11-18-17-10-6-5-8(7-19(10)11)13(14,15)16/h5-7,9H,3-4H2,1-2H3. The monoisotopic (exact) mass is 301 g/mol. The number of hydrogen-bond donors (Lipinski definition) is 0. The summed E-state index contributed by atoms with van der Waals surface area (Å²) >= 11 is 0. The Kier molecular flexibility index (Phi) is 4.15. The van der Waals surface area contributed by atoms with Crippen LogP contribution in [0.4, 0.5) is 13.2 Å². The number of pyridine rings is 1. The van der Waals surface area contributed by atoms with E-state index in [9.17, 15) is 18.0 Å². The molecule has 0 aliphatic rings. The van der Waals surface area contributed by atoms with Gasteiger partial charge in [-0.3, -0.25) is 9.20 Å². The fourth-order valence-electron chi connectivity index (χ4n) is 2.01. The number of alkyl halides is 3. The van der Waals surface area contributed by atoms with Crippen LogP contribution in [0.5, 0.6) is 0 Å². The normalized spacial score (nSPS) is 13.4. The maximum Gasteiger partial charge on any atom is 0.417 e. The van der Waals surface area contributed by atoms with Crippen LogP contribution in [0.25, 0.3) is 5.65 Å². The number of fused-ring (bicyclic) bond motifs is 1. The summed E-state index contributed by atoms with van der Waals surface area (Å²) < 4.78 is 44.4. The quantitative estimate of drug-likeness (QED) is 0.815. The average molecular weight is 301 g/mol. The molecular formula is C13H14F3N3O2. The van der Waals surface area contributed by atoms with Gasteiger partial charge < -0.3 is 4.74 Å². The summed E-state index contributed by atoms with van der Waals surface area (Å²) in [5, 5.41) is 7.63. The van der Waals surface area contributed by atoms with Crippen LogP contribution >= 0.6 is 0 Å². The average Bonchev–Trinajstić information content (AvgIpc) is 2.82. The lowest BCUT2D eigenvalue weighted by Gasteiger charge is -2.13. The fourth-order valence-corrected chi connectivity index (χ4v) is 2.01. The molecule has 1 unspecified atom stereocenters. The van der Waals surface area contributed by atoms with E-state index >= 15 is 0 Å². The summed E-state index contributed by atoms with van der Waals surface area (Å²) in [4.78, 5) is 11.9. The minimum Gasteiger partial charge on any atom is -0.465 e. The molecule has 8 heteroatoms. The lowest BCUT2D eigenvalue weighted by atomic mass is 10.1. The molecule has 0 aromatic carbocycles. The summed E-state index contributed by atoms with van der Waals surface area (Å²) in [6.45, 7) is 3.59. The third kappa shape index (κ3) is 2.98. The number of ether oxygens (including phenoxy) is 1. The Morgan fingerprint density at radius 2 is 2.05 bits per heavy atom. The minimum absolute atomic E-state index is 0.150. The number of halogens is 3. The van der Waals surface area contributed by atoms with E-state index in [1.54, 1.807) is 13.8 Å². The first-order chi connectivity index (χ1) is 9.88. The van der Waals surface area contributed by atoms with Gasteiger partial charge in [-0.2, -0.15) is 13.2 Å². The highest BCUT2D eigenvalue weighted by molar-refractivity contribution is 5.77. The highest BCUT2D eigenvalue weighted by atomic mass is 19.4. The third-order valence-corrected chi connectivity index (χ3v) is 3.05. The van der Waals surface area contributed by atoms with Gasteiger partial charge in [0.15, 0.2) is 11.5 Å². The van der Waals surface area contributed by atoms with Crippen molar-refractivity contribution in [3.05, 3.63) is 29.7 Å². The van der Waals surface area contributed by atoms with Gasteiger partial charge in [0.25, 0.3) is 0 Å². The Labute approximate surface area is 118 Å². The van der Waals surface area contributed by atoms with E-state index in [2.05, 4.69) is 10.2 Å². The summed E-state index contributed by atoms with van der Waals surface area (Å²) in [7, 11) is 0. The lowest BCUT2D eigenvalue weighted by molar-refractivity contribution is -0.145. The predicted molar refractivity (Wildman–Crippen MR) is 67.7 cm³/mol. The summed E-state index contributed by atoms with van der Waals surface area (Å²) in [5.74, 6) is -1.12. The third-order valence-electron chi connectivity index (χ3n) is 3.05. The van der Waals surface area contributed by atoms with Crippen molar-refractivity contribution in [1.29, 1.82) is 0 Å². The Bertz CT molecular complexity index is 652. The molecule has 2 aromatic rings. The molecule has 2 heterocycles. The van der Waals surface area contributed by atoms with Crippen LogP contribution in [0.3, 0.4) is 0 Å². The van der Waals surface area contributed by atoms with Crippen LogP contribution in [0.15, 0.2) is 18.3 Å². The number of carbonyl (C=O) groups is 1. The zero-order valence-corrected chi connectivity index (χ0v) is 11.5. The predicted octanol–water partition coefficient (Wildman–Crippen LogP) is 2.80. The van der Waals surface area contributed by atoms with Crippen molar-refractivity contribution in [2.45, 2.75) is 32.4 Å². The van der Waals surface area contributed by atoms with Crippen molar-refractivity contribution in [1.82, 2.24) is 14.6 Å². The summed E-state index contributed by atoms with van der Waals surface area (Å²) in [5.41, 5.74) is -0.574. The number of carbonyl (C=O) groups excluding carboxylic acids is 1. The van der Waals surface area contributed by atoms with Gasteiger partial charge in [-0.1, -0.05) is 6.92 Å². The van der Waals surface area contributed by atoms with Gasteiger partial charge >= 0.3 is 12.1 Å². The Balaban J connectivity index is 2.50. The zero-order chi connectivity index (χ0) is 15.6. The number of hydrogen-bond acceptors (Lipinski definition) is 4. The molecule has 0 aliphatic heterocycles. The first kappa shape index (κ1) is 15.3. The van der Waals surface area contributed by atoms with Crippen molar-refractivity contribution >= 4 is 11.6 Å². The highest BCUT2D eigenvalue weighted by Crippen LogP contribution is 2.30. The van der Waals surface area contributed by atoms with E-state index in [1.165, 1.54) is 10.5 Å². The second-order valence-electron chi connectivity index (χ2n) is 4.41. The number of esters is 1. The van der Waals surface area contributed by atoms with Crippen LogP contribution in [-0.4, -0.2) is 27.2 Å². The van der Waals surface area contributed by atoms with E-state index in [1.807, 2.05) is 0 Å². The van der Waals surface area contributed by atoms with Gasteiger partial charge in [0, 0.05) is 6.20 Å². The van der Waals surface area contributed by atoms with Crippen molar-refractivity contribution in [3.8, 4) is 0 Å². The van der Waals surface area contributed by atoms with Crippen LogP contribution in [-0.2, 0) is 15.7 Å². The summed E-state index contributed by atoms with van der Waals surface area (Å²) in [6, 6.07) is 2.15. The molecule has 0 saturated carbocycles. The first-order valence-corrected chi connectivity index (χ1v) is 6.47. The van der Waals surface area contributed by atoms with Gasteiger partial charge in [-0.25, -0.2) is 0 Å². The van der Waals surface area contributed by atoms with Crippen molar-refractivity contribution in [2.75, 3.05) is 6.61 Å². The number of aromatic nitrogens is 3. The summed E-state index contributed by atoms with van der Waals surface area (Å²) in [6.07, 6.45) is -3.22. The van der Waals surface area contributed by atoms with Crippen LogP contribution in [0.1, 0.15) is 37.6 Å². The smallest absolute Gasteiger partial charge is 0.417 e. The van der Waals surface area contributed by atoms with E-state index in [0.29, 0.717) is 6.42 Å².